The number of carbonyl (C=O) groups is 1. The maximum absolute atomic E-state index is 13.1. The minimum atomic E-state index is -2.84. The Balaban J connectivity index is 2.32. The van der Waals surface area contributed by atoms with Crippen molar-refractivity contribution in [1.29, 1.82) is 0 Å². The first-order valence-electron chi connectivity index (χ1n) is 6.58. The van der Waals surface area contributed by atoms with Crippen molar-refractivity contribution < 1.29 is 13.6 Å². The molecule has 0 aromatic heterocycles. The zero-order valence-corrected chi connectivity index (χ0v) is 11.5. The van der Waals surface area contributed by atoms with Crippen molar-refractivity contribution in [2.45, 2.75) is 39.0 Å². The summed E-state index contributed by atoms with van der Waals surface area (Å²) in [4.78, 5) is 13.5. The third-order valence-electron chi connectivity index (χ3n) is 3.45. The van der Waals surface area contributed by atoms with Crippen LogP contribution in [0.25, 0.3) is 0 Å². The third-order valence-corrected chi connectivity index (χ3v) is 3.45. The van der Waals surface area contributed by atoms with Gasteiger partial charge in [0.25, 0.3) is 11.8 Å². The van der Waals surface area contributed by atoms with Crippen molar-refractivity contribution in [3.05, 3.63) is 34.9 Å². The van der Waals surface area contributed by atoms with Crippen LogP contribution in [0.1, 0.15) is 48.2 Å². The molecule has 0 radical (unpaired) electrons. The van der Waals surface area contributed by atoms with Gasteiger partial charge in [0.1, 0.15) is 0 Å². The molecule has 0 N–H and O–H groups in total. The number of carbonyl (C=O) groups excluding carboxylic acids is 1. The Labute approximate surface area is 112 Å². The second-order valence-electron chi connectivity index (χ2n) is 5.57. The van der Waals surface area contributed by atoms with Crippen LogP contribution in [0.3, 0.4) is 0 Å². The molecule has 19 heavy (non-hydrogen) atoms. The maximum atomic E-state index is 13.1. The lowest BCUT2D eigenvalue weighted by atomic mass is 9.88. The quantitative estimate of drug-likeness (QED) is 0.821. The van der Waals surface area contributed by atoms with Crippen LogP contribution < -0.4 is 0 Å². The number of amides is 1. The van der Waals surface area contributed by atoms with Crippen LogP contribution in [0, 0.1) is 0 Å². The molecule has 0 saturated heterocycles. The molecule has 2 rings (SSSR count). The van der Waals surface area contributed by atoms with Gasteiger partial charge in [-0.25, -0.2) is 8.78 Å². The van der Waals surface area contributed by atoms with Crippen molar-refractivity contribution in [2.24, 2.45) is 0 Å². The van der Waals surface area contributed by atoms with Crippen LogP contribution in [0.5, 0.6) is 0 Å². The summed E-state index contributed by atoms with van der Waals surface area (Å²) < 4.78 is 26.1. The van der Waals surface area contributed by atoms with Crippen LogP contribution in [0.2, 0.25) is 0 Å². The van der Waals surface area contributed by atoms with Gasteiger partial charge in [-0.05, 0) is 29.5 Å². The van der Waals surface area contributed by atoms with Crippen molar-refractivity contribution >= 4 is 5.91 Å². The number of benzene rings is 1. The van der Waals surface area contributed by atoms with Crippen LogP contribution in [0.4, 0.5) is 8.78 Å². The highest BCUT2D eigenvalue weighted by Crippen LogP contribution is 2.28. The predicted molar refractivity (Wildman–Crippen MR) is 70.8 cm³/mol. The Morgan fingerprint density at radius 1 is 1.37 bits per heavy atom. The Morgan fingerprint density at radius 2 is 2.05 bits per heavy atom. The molecule has 2 nitrogen and oxygen atoms in total. The lowest BCUT2D eigenvalue weighted by Crippen LogP contribution is -2.43. The molecule has 1 amide bonds. The van der Waals surface area contributed by atoms with Gasteiger partial charge in [-0.2, -0.15) is 0 Å². The molecular weight excluding hydrogens is 248 g/mol. The molecule has 0 unspecified atom stereocenters. The van der Waals surface area contributed by atoms with E-state index < -0.39 is 12.5 Å². The normalized spacial score (nSPS) is 15.9. The zero-order valence-electron chi connectivity index (χ0n) is 11.5. The molecule has 1 aliphatic rings. The van der Waals surface area contributed by atoms with Crippen molar-refractivity contribution in [3.63, 3.8) is 0 Å². The van der Waals surface area contributed by atoms with E-state index in [0.29, 0.717) is 24.4 Å². The molecule has 1 heterocycles. The van der Waals surface area contributed by atoms with Gasteiger partial charge in [-0.3, -0.25) is 4.79 Å². The molecule has 0 atom stereocenters. The van der Waals surface area contributed by atoms with Crippen molar-refractivity contribution in [1.82, 2.24) is 4.90 Å². The Bertz CT molecular complexity index is 491. The van der Waals surface area contributed by atoms with Gasteiger partial charge in [0.2, 0.25) is 0 Å². The molecule has 104 valence electrons. The number of fused-ring (bicyclic) bond motifs is 1. The summed E-state index contributed by atoms with van der Waals surface area (Å²) in [7, 11) is 0. The first-order valence-corrected chi connectivity index (χ1v) is 6.58. The first kappa shape index (κ1) is 14.0. The molecule has 1 aliphatic heterocycles. The Morgan fingerprint density at radius 3 is 2.63 bits per heavy atom. The molecule has 0 saturated carbocycles. The van der Waals surface area contributed by atoms with Gasteiger partial charge in [0.15, 0.2) is 0 Å². The molecule has 0 bridgehead atoms. The fourth-order valence-corrected chi connectivity index (χ4v) is 2.63. The highest BCUT2D eigenvalue weighted by molar-refractivity contribution is 5.97. The molecule has 0 aliphatic carbocycles. The van der Waals surface area contributed by atoms with E-state index in [-0.39, 0.29) is 5.91 Å². The lowest BCUT2D eigenvalue weighted by molar-refractivity contribution is -0.0118. The van der Waals surface area contributed by atoms with E-state index in [9.17, 15) is 13.6 Å². The van der Waals surface area contributed by atoms with Gasteiger partial charge in [-0.1, -0.05) is 26.0 Å². The molecule has 0 fully saturated rings. The summed E-state index contributed by atoms with van der Waals surface area (Å²) in [5, 5.41) is 0. The summed E-state index contributed by atoms with van der Waals surface area (Å²) in [5.74, 6) is -2.78. The minimum Gasteiger partial charge on any atom is -0.332 e. The van der Waals surface area contributed by atoms with E-state index in [0.717, 1.165) is 18.1 Å². The smallest absolute Gasteiger partial charge is 0.262 e. The van der Waals surface area contributed by atoms with Crippen LogP contribution in [-0.4, -0.2) is 29.8 Å². The van der Waals surface area contributed by atoms with Crippen LogP contribution in [-0.2, 0) is 6.42 Å². The Hall–Kier alpha value is -1.45. The number of alkyl halides is 2. The van der Waals surface area contributed by atoms with Crippen molar-refractivity contribution in [2.75, 3.05) is 13.1 Å². The standard InChI is InChI=1S/C15H19F2NO/c1-10(2)11-5-4-6-13-12(11)7-8-18(14(13)19)9-15(3,16)17/h4-6,10H,7-9H2,1-3H3. The average Bonchev–Trinajstić information content (AvgIpc) is 2.30. The highest BCUT2D eigenvalue weighted by Gasteiger charge is 2.32. The number of halogens is 2. The minimum absolute atomic E-state index is 0.273. The SMILES string of the molecule is CC(C)c1cccc2c1CCN(CC(C)(F)F)C2=O. The first-order chi connectivity index (χ1) is 8.79. The monoisotopic (exact) mass is 267 g/mol. The maximum Gasteiger partial charge on any atom is 0.262 e. The van der Waals surface area contributed by atoms with Gasteiger partial charge in [0, 0.05) is 19.0 Å². The van der Waals surface area contributed by atoms with E-state index >= 15 is 0 Å². The lowest BCUT2D eigenvalue weighted by Gasteiger charge is -2.32. The van der Waals surface area contributed by atoms with E-state index in [1.165, 1.54) is 4.90 Å². The fourth-order valence-electron chi connectivity index (χ4n) is 2.63. The fraction of sp³-hybridized carbons (Fsp3) is 0.533. The zero-order chi connectivity index (χ0) is 14.2. The molecule has 0 spiro atoms. The summed E-state index contributed by atoms with van der Waals surface area (Å²) in [6.45, 7) is 4.87. The molecular formula is C15H19F2NO. The third kappa shape index (κ3) is 2.94. The second kappa shape index (κ2) is 4.91. The summed E-state index contributed by atoms with van der Waals surface area (Å²) in [6, 6.07) is 5.59. The van der Waals surface area contributed by atoms with E-state index in [4.69, 9.17) is 0 Å². The van der Waals surface area contributed by atoms with E-state index in [2.05, 4.69) is 13.8 Å². The van der Waals surface area contributed by atoms with Crippen LogP contribution >= 0.6 is 0 Å². The number of rotatable bonds is 3. The number of hydrogen-bond donors (Lipinski definition) is 0. The summed E-state index contributed by atoms with van der Waals surface area (Å²) in [5.41, 5.74) is 2.76. The summed E-state index contributed by atoms with van der Waals surface area (Å²) in [6.07, 6.45) is 0.658. The molecule has 4 heteroatoms. The Kier molecular flexibility index (Phi) is 3.61. The average molecular weight is 267 g/mol. The number of hydrogen-bond acceptors (Lipinski definition) is 1. The predicted octanol–water partition coefficient (Wildman–Crippen LogP) is 3.46. The van der Waals surface area contributed by atoms with Gasteiger partial charge in [0.05, 0.1) is 6.54 Å². The van der Waals surface area contributed by atoms with Crippen LogP contribution in [0.15, 0.2) is 18.2 Å². The number of nitrogens with zero attached hydrogens (tertiary/aromatic N) is 1. The van der Waals surface area contributed by atoms with Gasteiger partial charge >= 0.3 is 0 Å². The molecule has 1 aromatic carbocycles. The summed E-state index contributed by atoms with van der Waals surface area (Å²) >= 11 is 0. The van der Waals surface area contributed by atoms with Gasteiger partial charge < -0.3 is 4.90 Å². The van der Waals surface area contributed by atoms with E-state index in [1.807, 2.05) is 12.1 Å². The van der Waals surface area contributed by atoms with E-state index in [1.54, 1.807) is 6.07 Å². The van der Waals surface area contributed by atoms with Gasteiger partial charge in [-0.15, -0.1) is 0 Å². The largest absolute Gasteiger partial charge is 0.332 e. The second-order valence-corrected chi connectivity index (χ2v) is 5.57. The topological polar surface area (TPSA) is 20.3 Å². The van der Waals surface area contributed by atoms with Crippen molar-refractivity contribution in [3.8, 4) is 0 Å². The molecule has 1 aromatic rings. The highest BCUT2D eigenvalue weighted by atomic mass is 19.3.